The second-order valence-corrected chi connectivity index (χ2v) is 5.68. The predicted octanol–water partition coefficient (Wildman–Crippen LogP) is 4.84. The highest BCUT2D eigenvalue weighted by molar-refractivity contribution is 6.37. The van der Waals surface area contributed by atoms with E-state index in [2.05, 4.69) is 15.3 Å². The second-order valence-electron chi connectivity index (χ2n) is 4.43. The molecule has 0 saturated carbocycles. The Morgan fingerprint density at radius 2 is 1.86 bits per heavy atom. The number of hydrogen-bond acceptors (Lipinski definition) is 3. The van der Waals surface area contributed by atoms with Crippen LogP contribution in [0.1, 0.15) is 10.5 Å². The lowest BCUT2D eigenvalue weighted by atomic mass is 10.2. The van der Waals surface area contributed by atoms with Gasteiger partial charge in [-0.3, -0.25) is 9.78 Å². The lowest BCUT2D eigenvalue weighted by Crippen LogP contribution is -2.14. The van der Waals surface area contributed by atoms with Crippen LogP contribution < -0.4 is 5.32 Å². The number of carbonyl (C=O) groups is 1. The van der Waals surface area contributed by atoms with Crippen molar-refractivity contribution in [1.29, 1.82) is 0 Å². The van der Waals surface area contributed by atoms with Crippen molar-refractivity contribution in [3.63, 3.8) is 0 Å². The monoisotopic (exact) mass is 351 g/mol. The predicted molar refractivity (Wildman–Crippen MR) is 89.0 cm³/mol. The topological polar surface area (TPSA) is 54.9 Å². The van der Waals surface area contributed by atoms with E-state index in [0.29, 0.717) is 21.2 Å². The highest BCUT2D eigenvalue weighted by atomic mass is 35.5. The van der Waals surface area contributed by atoms with E-state index < -0.39 is 5.91 Å². The first-order valence-electron chi connectivity index (χ1n) is 6.22. The third-order valence-electron chi connectivity index (χ3n) is 2.99. The molecule has 1 aromatic carbocycles. The average Bonchev–Trinajstić information content (AvgIpc) is 2.50. The van der Waals surface area contributed by atoms with Crippen molar-refractivity contribution in [2.45, 2.75) is 0 Å². The maximum atomic E-state index is 12.3. The summed E-state index contributed by atoms with van der Waals surface area (Å²) in [6, 6.07) is 8.44. The molecule has 0 aliphatic heterocycles. The minimum atomic E-state index is -0.448. The maximum absolute atomic E-state index is 12.3. The number of benzene rings is 1. The summed E-state index contributed by atoms with van der Waals surface area (Å²) in [5, 5.41) is 4.58. The van der Waals surface area contributed by atoms with E-state index >= 15 is 0 Å². The molecule has 0 atom stereocenters. The molecule has 3 aromatic rings. The van der Waals surface area contributed by atoms with Gasteiger partial charge in [0, 0.05) is 17.8 Å². The van der Waals surface area contributed by atoms with E-state index in [0.717, 1.165) is 5.39 Å². The summed E-state index contributed by atoms with van der Waals surface area (Å²) in [5.74, 6) is -0.448. The van der Waals surface area contributed by atoms with Crippen molar-refractivity contribution in [1.82, 2.24) is 9.97 Å². The van der Waals surface area contributed by atoms with Crippen molar-refractivity contribution in [2.24, 2.45) is 0 Å². The number of halogens is 3. The van der Waals surface area contributed by atoms with Gasteiger partial charge in [-0.05, 0) is 30.3 Å². The van der Waals surface area contributed by atoms with Gasteiger partial charge in [-0.2, -0.15) is 0 Å². The first-order chi connectivity index (χ1) is 10.6. The number of nitrogens with zero attached hydrogens (tertiary/aromatic N) is 2. The smallest absolute Gasteiger partial charge is 0.275 e. The molecular weight excluding hydrogens is 345 g/mol. The molecule has 0 aliphatic rings. The summed E-state index contributed by atoms with van der Waals surface area (Å²) in [5.41, 5.74) is 1.20. The Bertz CT molecular complexity index is 883. The molecule has 2 aromatic heterocycles. The zero-order valence-corrected chi connectivity index (χ0v) is 13.2. The number of anilines is 1. The number of fused-ring (bicyclic) bond motifs is 1. The first kappa shape index (κ1) is 15.0. The molecule has 3 rings (SSSR count). The van der Waals surface area contributed by atoms with Crippen molar-refractivity contribution < 1.29 is 4.79 Å². The molecule has 1 amide bonds. The van der Waals surface area contributed by atoms with Gasteiger partial charge in [-0.15, -0.1) is 0 Å². The average molecular weight is 353 g/mol. The molecule has 0 spiro atoms. The summed E-state index contributed by atoms with van der Waals surface area (Å²) >= 11 is 17.9. The Morgan fingerprint density at radius 1 is 1.05 bits per heavy atom. The highest BCUT2D eigenvalue weighted by Crippen LogP contribution is 2.28. The van der Waals surface area contributed by atoms with Gasteiger partial charge in [0.15, 0.2) is 0 Å². The van der Waals surface area contributed by atoms with Gasteiger partial charge in [0.25, 0.3) is 5.91 Å². The van der Waals surface area contributed by atoms with Crippen molar-refractivity contribution >= 4 is 57.3 Å². The third kappa shape index (κ3) is 2.86. The maximum Gasteiger partial charge on any atom is 0.275 e. The number of nitrogens with one attached hydrogen (secondary N) is 1. The number of pyridine rings is 2. The zero-order chi connectivity index (χ0) is 15.7. The molecule has 0 bridgehead atoms. The van der Waals surface area contributed by atoms with Crippen LogP contribution in [0.15, 0.2) is 42.7 Å². The van der Waals surface area contributed by atoms with Crippen LogP contribution in [0.5, 0.6) is 0 Å². The largest absolute Gasteiger partial charge is 0.319 e. The molecule has 2 heterocycles. The lowest BCUT2D eigenvalue weighted by molar-refractivity contribution is 0.102. The molecule has 0 radical (unpaired) electrons. The molecule has 22 heavy (non-hydrogen) atoms. The van der Waals surface area contributed by atoms with Crippen molar-refractivity contribution in [3.8, 4) is 0 Å². The molecular formula is C15H8Cl3N3O. The van der Waals surface area contributed by atoms with Crippen molar-refractivity contribution in [3.05, 3.63) is 63.5 Å². The first-order valence-corrected chi connectivity index (χ1v) is 7.35. The minimum absolute atomic E-state index is 0.0881. The van der Waals surface area contributed by atoms with Crippen LogP contribution in [0.3, 0.4) is 0 Å². The van der Waals surface area contributed by atoms with Gasteiger partial charge in [-0.25, -0.2) is 4.98 Å². The Morgan fingerprint density at radius 3 is 2.64 bits per heavy atom. The summed E-state index contributed by atoms with van der Waals surface area (Å²) in [7, 11) is 0. The second kappa shape index (κ2) is 6.08. The normalized spacial score (nSPS) is 10.7. The molecule has 7 heteroatoms. The summed E-state index contributed by atoms with van der Waals surface area (Å²) in [6.45, 7) is 0. The van der Waals surface area contributed by atoms with E-state index in [1.165, 1.54) is 12.3 Å². The molecule has 0 saturated heterocycles. The number of rotatable bonds is 2. The molecule has 0 unspecified atom stereocenters. The minimum Gasteiger partial charge on any atom is -0.319 e. The van der Waals surface area contributed by atoms with E-state index in [-0.39, 0.29) is 10.7 Å². The molecule has 110 valence electrons. The Hall–Kier alpha value is -1.88. The van der Waals surface area contributed by atoms with Crippen LogP contribution in [-0.2, 0) is 0 Å². The quantitative estimate of drug-likeness (QED) is 0.718. The molecule has 1 N–H and O–H groups in total. The van der Waals surface area contributed by atoms with Crippen LogP contribution in [0.2, 0.25) is 15.1 Å². The van der Waals surface area contributed by atoms with Crippen LogP contribution in [0, 0.1) is 0 Å². The number of hydrogen-bond donors (Lipinski definition) is 1. The summed E-state index contributed by atoms with van der Waals surface area (Å²) in [6.07, 6.45) is 2.99. The van der Waals surface area contributed by atoms with E-state index in [9.17, 15) is 4.79 Å². The van der Waals surface area contributed by atoms with E-state index in [1.807, 2.05) is 6.07 Å². The van der Waals surface area contributed by atoms with E-state index in [4.69, 9.17) is 34.8 Å². The number of carbonyl (C=O) groups excluding carboxylic acids is 1. The van der Waals surface area contributed by atoms with Crippen molar-refractivity contribution in [2.75, 3.05) is 5.32 Å². The fraction of sp³-hybridized carbons (Fsp3) is 0. The third-order valence-corrected chi connectivity index (χ3v) is 3.81. The fourth-order valence-corrected chi connectivity index (χ4v) is 2.68. The van der Waals surface area contributed by atoms with Gasteiger partial charge in [0.05, 0.1) is 26.3 Å². The van der Waals surface area contributed by atoms with Gasteiger partial charge < -0.3 is 5.32 Å². The molecule has 0 aliphatic carbocycles. The van der Waals surface area contributed by atoms with Gasteiger partial charge in [0.1, 0.15) is 5.69 Å². The summed E-state index contributed by atoms with van der Waals surface area (Å²) in [4.78, 5) is 20.5. The van der Waals surface area contributed by atoms with E-state index in [1.54, 1.807) is 24.4 Å². The molecule has 4 nitrogen and oxygen atoms in total. The van der Waals surface area contributed by atoms with Gasteiger partial charge in [-0.1, -0.05) is 34.8 Å². The van der Waals surface area contributed by atoms with Crippen LogP contribution >= 0.6 is 34.8 Å². The van der Waals surface area contributed by atoms with Crippen LogP contribution in [0.4, 0.5) is 5.69 Å². The van der Waals surface area contributed by atoms with Gasteiger partial charge in [0.2, 0.25) is 0 Å². The number of aromatic nitrogens is 2. The Balaban J connectivity index is 2.00. The van der Waals surface area contributed by atoms with Crippen LogP contribution in [0.25, 0.3) is 10.9 Å². The lowest BCUT2D eigenvalue weighted by Gasteiger charge is -2.09. The highest BCUT2D eigenvalue weighted by Gasteiger charge is 2.15. The fourth-order valence-electron chi connectivity index (χ4n) is 2.00. The number of amides is 1. The molecule has 0 fully saturated rings. The Kier molecular flexibility index (Phi) is 4.16. The Labute approximate surface area is 141 Å². The SMILES string of the molecule is O=C(Nc1ccc(Cl)c2cccnc12)c1ncc(Cl)cc1Cl. The standard InChI is InChI=1S/C15H8Cl3N3O/c16-8-6-11(18)14(20-7-8)15(22)21-12-4-3-10(17)9-2-1-5-19-13(9)12/h1-7H,(H,21,22). The zero-order valence-electron chi connectivity index (χ0n) is 11.0. The summed E-state index contributed by atoms with van der Waals surface area (Å²) < 4.78 is 0. The van der Waals surface area contributed by atoms with Crippen LogP contribution in [-0.4, -0.2) is 15.9 Å². The van der Waals surface area contributed by atoms with Gasteiger partial charge >= 0.3 is 0 Å².